The third-order valence-corrected chi connectivity index (χ3v) is 6.01. The molecule has 1 saturated heterocycles. The lowest BCUT2D eigenvalue weighted by atomic mass is 9.95. The van der Waals surface area contributed by atoms with E-state index in [4.69, 9.17) is 0 Å². The minimum absolute atomic E-state index is 0.00898. The number of amides is 1. The van der Waals surface area contributed by atoms with Gasteiger partial charge in [0.15, 0.2) is 5.65 Å². The first-order valence-corrected chi connectivity index (χ1v) is 10.6. The van der Waals surface area contributed by atoms with E-state index in [0.29, 0.717) is 0 Å². The summed E-state index contributed by atoms with van der Waals surface area (Å²) >= 11 is 1.67. The molecule has 4 heterocycles. The SMILES string of the molecule is O=C(Nc1cccc(-c2ccsc2)c1)C1CCN(c2ccc3nncn3n2)CC1. The fourth-order valence-corrected chi connectivity index (χ4v) is 4.37. The van der Waals surface area contributed by atoms with Gasteiger partial charge in [0.05, 0.1) is 0 Å². The summed E-state index contributed by atoms with van der Waals surface area (Å²) in [5.41, 5.74) is 3.87. The molecule has 7 nitrogen and oxygen atoms in total. The molecule has 1 aliphatic rings. The van der Waals surface area contributed by atoms with Gasteiger partial charge in [-0.1, -0.05) is 12.1 Å². The van der Waals surface area contributed by atoms with Crippen molar-refractivity contribution in [3.05, 3.63) is 59.6 Å². The quantitative estimate of drug-likeness (QED) is 0.561. The largest absolute Gasteiger partial charge is 0.355 e. The first-order chi connectivity index (χ1) is 14.3. The third-order valence-electron chi connectivity index (χ3n) is 5.32. The molecule has 146 valence electrons. The standard InChI is InChI=1S/C21H20N6OS/c28-21(23-18-3-1-2-16(12-18)17-8-11-29-13-17)15-6-9-26(10-7-15)20-5-4-19-24-22-14-27(19)25-20/h1-5,8,11-15H,6-7,9-10H2,(H,23,28). The number of benzene rings is 1. The zero-order chi connectivity index (χ0) is 19.6. The molecule has 1 aromatic carbocycles. The van der Waals surface area contributed by atoms with E-state index >= 15 is 0 Å². The Morgan fingerprint density at radius 1 is 1.10 bits per heavy atom. The minimum atomic E-state index is 0.00898. The smallest absolute Gasteiger partial charge is 0.227 e. The van der Waals surface area contributed by atoms with Crippen LogP contribution in [0.2, 0.25) is 0 Å². The maximum absolute atomic E-state index is 12.8. The highest BCUT2D eigenvalue weighted by Crippen LogP contribution is 2.26. The molecule has 3 aromatic heterocycles. The normalized spacial score (nSPS) is 15.0. The monoisotopic (exact) mass is 404 g/mol. The first kappa shape index (κ1) is 17.8. The predicted octanol–water partition coefficient (Wildman–Crippen LogP) is 3.71. The maximum atomic E-state index is 12.8. The molecule has 1 N–H and O–H groups in total. The van der Waals surface area contributed by atoms with Crippen molar-refractivity contribution in [2.45, 2.75) is 12.8 Å². The van der Waals surface area contributed by atoms with Crippen LogP contribution >= 0.6 is 11.3 Å². The molecule has 5 rings (SSSR count). The third kappa shape index (κ3) is 3.71. The number of carbonyl (C=O) groups is 1. The van der Waals surface area contributed by atoms with Gasteiger partial charge < -0.3 is 10.2 Å². The van der Waals surface area contributed by atoms with Crippen LogP contribution in [0.15, 0.2) is 59.6 Å². The Labute approximate surface area is 172 Å². The highest BCUT2D eigenvalue weighted by Gasteiger charge is 2.26. The number of nitrogens with zero attached hydrogens (tertiary/aromatic N) is 5. The zero-order valence-corrected chi connectivity index (χ0v) is 16.5. The highest BCUT2D eigenvalue weighted by atomic mass is 32.1. The summed E-state index contributed by atoms with van der Waals surface area (Å²) in [5.74, 6) is 0.989. The summed E-state index contributed by atoms with van der Waals surface area (Å²) < 4.78 is 1.68. The van der Waals surface area contributed by atoms with Crippen molar-refractivity contribution in [3.8, 4) is 11.1 Å². The van der Waals surface area contributed by atoms with Gasteiger partial charge in [0, 0.05) is 24.7 Å². The van der Waals surface area contributed by atoms with Crippen LogP contribution in [0, 0.1) is 5.92 Å². The fourth-order valence-electron chi connectivity index (χ4n) is 3.71. The van der Waals surface area contributed by atoms with Gasteiger partial charge >= 0.3 is 0 Å². The van der Waals surface area contributed by atoms with Gasteiger partial charge in [0.2, 0.25) is 5.91 Å². The topological polar surface area (TPSA) is 75.4 Å². The lowest BCUT2D eigenvalue weighted by Crippen LogP contribution is -2.38. The number of hydrogen-bond acceptors (Lipinski definition) is 6. The first-order valence-electron chi connectivity index (χ1n) is 9.62. The number of nitrogens with one attached hydrogen (secondary N) is 1. The molecule has 1 fully saturated rings. The van der Waals surface area contributed by atoms with Crippen molar-refractivity contribution in [1.29, 1.82) is 0 Å². The van der Waals surface area contributed by atoms with E-state index in [1.807, 2.05) is 30.3 Å². The van der Waals surface area contributed by atoms with Crippen LogP contribution < -0.4 is 10.2 Å². The second kappa shape index (κ2) is 7.63. The zero-order valence-electron chi connectivity index (χ0n) is 15.7. The van der Waals surface area contributed by atoms with E-state index in [-0.39, 0.29) is 11.8 Å². The molecule has 0 atom stereocenters. The van der Waals surface area contributed by atoms with E-state index in [1.54, 1.807) is 22.2 Å². The number of thiophene rings is 1. The Bertz CT molecular complexity index is 1130. The fraction of sp³-hybridized carbons (Fsp3) is 0.238. The molecule has 0 bridgehead atoms. The lowest BCUT2D eigenvalue weighted by Gasteiger charge is -2.32. The Kier molecular flexibility index (Phi) is 4.69. The second-order valence-electron chi connectivity index (χ2n) is 7.17. The molecule has 4 aromatic rings. The van der Waals surface area contributed by atoms with Gasteiger partial charge in [-0.25, -0.2) is 0 Å². The second-order valence-corrected chi connectivity index (χ2v) is 7.95. The average molecular weight is 404 g/mol. The van der Waals surface area contributed by atoms with Crippen LogP contribution in [0.4, 0.5) is 11.5 Å². The molecular weight excluding hydrogens is 384 g/mol. The molecule has 1 amide bonds. The van der Waals surface area contributed by atoms with E-state index in [2.05, 4.69) is 48.4 Å². The number of fused-ring (bicyclic) bond motifs is 1. The number of carbonyl (C=O) groups excluding carboxylic acids is 1. The highest BCUT2D eigenvalue weighted by molar-refractivity contribution is 7.08. The summed E-state index contributed by atoms with van der Waals surface area (Å²) in [6.07, 6.45) is 3.21. The van der Waals surface area contributed by atoms with Crippen LogP contribution in [0.25, 0.3) is 16.8 Å². The summed E-state index contributed by atoms with van der Waals surface area (Å²) in [4.78, 5) is 15.0. The number of piperidine rings is 1. The van der Waals surface area contributed by atoms with Crippen LogP contribution in [-0.4, -0.2) is 38.8 Å². The van der Waals surface area contributed by atoms with Crippen molar-refractivity contribution in [2.75, 3.05) is 23.3 Å². The Morgan fingerprint density at radius 3 is 2.83 bits per heavy atom. The molecule has 0 unspecified atom stereocenters. The molecule has 0 aliphatic carbocycles. The van der Waals surface area contributed by atoms with Crippen LogP contribution in [0.3, 0.4) is 0 Å². The summed E-state index contributed by atoms with van der Waals surface area (Å²) in [6, 6.07) is 14.0. The van der Waals surface area contributed by atoms with Crippen molar-refractivity contribution in [3.63, 3.8) is 0 Å². The summed E-state index contributed by atoms with van der Waals surface area (Å²) in [7, 11) is 0. The van der Waals surface area contributed by atoms with Crippen molar-refractivity contribution >= 4 is 34.4 Å². The molecule has 29 heavy (non-hydrogen) atoms. The van der Waals surface area contributed by atoms with Gasteiger partial charge in [-0.3, -0.25) is 4.79 Å². The molecule has 1 aliphatic heterocycles. The van der Waals surface area contributed by atoms with E-state index in [0.717, 1.165) is 48.6 Å². The van der Waals surface area contributed by atoms with Crippen molar-refractivity contribution < 1.29 is 4.79 Å². The van der Waals surface area contributed by atoms with E-state index in [9.17, 15) is 4.79 Å². The Balaban J connectivity index is 1.22. The molecule has 0 radical (unpaired) electrons. The van der Waals surface area contributed by atoms with Crippen molar-refractivity contribution in [1.82, 2.24) is 19.8 Å². The molecular formula is C21H20N6OS. The molecule has 8 heteroatoms. The van der Waals surface area contributed by atoms with Gasteiger partial charge in [0.25, 0.3) is 0 Å². The molecule has 0 spiro atoms. The minimum Gasteiger partial charge on any atom is -0.355 e. The van der Waals surface area contributed by atoms with E-state index < -0.39 is 0 Å². The van der Waals surface area contributed by atoms with Crippen LogP contribution in [0.5, 0.6) is 0 Å². The number of anilines is 2. The van der Waals surface area contributed by atoms with Crippen LogP contribution in [-0.2, 0) is 4.79 Å². The van der Waals surface area contributed by atoms with Crippen LogP contribution in [0.1, 0.15) is 12.8 Å². The average Bonchev–Trinajstić information content (AvgIpc) is 3.45. The van der Waals surface area contributed by atoms with Gasteiger partial charge in [-0.15, -0.1) is 15.3 Å². The Morgan fingerprint density at radius 2 is 2.00 bits per heavy atom. The van der Waals surface area contributed by atoms with Gasteiger partial charge in [-0.2, -0.15) is 15.9 Å². The van der Waals surface area contributed by atoms with E-state index in [1.165, 1.54) is 5.56 Å². The lowest BCUT2D eigenvalue weighted by molar-refractivity contribution is -0.120. The maximum Gasteiger partial charge on any atom is 0.227 e. The summed E-state index contributed by atoms with van der Waals surface area (Å²) in [6.45, 7) is 1.60. The molecule has 0 saturated carbocycles. The van der Waals surface area contributed by atoms with Gasteiger partial charge in [-0.05, 0) is 65.1 Å². The number of rotatable bonds is 4. The predicted molar refractivity (Wildman–Crippen MR) is 114 cm³/mol. The van der Waals surface area contributed by atoms with Crippen molar-refractivity contribution in [2.24, 2.45) is 5.92 Å². The van der Waals surface area contributed by atoms with Gasteiger partial charge in [0.1, 0.15) is 12.1 Å². The number of hydrogen-bond donors (Lipinski definition) is 1. The number of aromatic nitrogens is 4. The Hall–Kier alpha value is -3.26. The summed E-state index contributed by atoms with van der Waals surface area (Å²) in [5, 5.41) is 19.7.